The molecule has 2 aromatic heterocycles. The van der Waals surface area contributed by atoms with Gasteiger partial charge in [-0.25, -0.2) is 4.79 Å². The summed E-state index contributed by atoms with van der Waals surface area (Å²) in [6, 6.07) is 17.1. The summed E-state index contributed by atoms with van der Waals surface area (Å²) in [5.74, 6) is 0.721. The van der Waals surface area contributed by atoms with Crippen molar-refractivity contribution in [3.63, 3.8) is 0 Å². The molecule has 2 aromatic carbocycles. The van der Waals surface area contributed by atoms with E-state index in [1.165, 1.54) is 23.1 Å². The summed E-state index contributed by atoms with van der Waals surface area (Å²) in [4.78, 5) is 23.9. The van der Waals surface area contributed by atoms with Gasteiger partial charge in [-0.3, -0.25) is 9.56 Å². The SMILES string of the molecule is CC(C)(C)c1cc2cn(-c3ccc(CNCCCN=C(N)N)cc3)c(=O)nc2[nH]1.CC(C)c1cc(CCCCN)cc(C(C)(C)C)c1. The lowest BCUT2D eigenvalue weighted by atomic mass is 9.83. The molecule has 0 amide bonds. The number of hydrogen-bond acceptors (Lipinski definition) is 5. The van der Waals surface area contributed by atoms with Crippen molar-refractivity contribution in [2.75, 3.05) is 19.6 Å². The van der Waals surface area contributed by atoms with Crippen molar-refractivity contribution in [2.24, 2.45) is 22.2 Å². The van der Waals surface area contributed by atoms with E-state index in [-0.39, 0.29) is 22.5 Å². The van der Waals surface area contributed by atoms with Crippen molar-refractivity contribution >= 4 is 17.0 Å². The molecule has 0 radical (unpaired) electrons. The molecule has 0 saturated carbocycles. The number of rotatable bonds is 12. The monoisotopic (exact) mass is 642 g/mol. The highest BCUT2D eigenvalue weighted by molar-refractivity contribution is 5.76. The standard InChI is InChI=1S/C21H29N7O.C17H29N/c1-21(2,3)17-11-15-13-28(20(29)27-18(15)26-17)16-7-5-14(6-8-16)12-24-9-4-10-25-19(22)23;1-13(2)15-10-14(8-6-7-9-18)11-16(12-15)17(3,4)5/h5-8,11,13,24H,4,9-10,12H2,1-3H3,(H4,22,23,25)(H,26,27,29);10-13H,6-9,18H2,1-5H3. The average Bonchev–Trinajstić information content (AvgIpc) is 3.42. The van der Waals surface area contributed by atoms with Crippen LogP contribution in [0.25, 0.3) is 16.7 Å². The zero-order valence-corrected chi connectivity index (χ0v) is 29.9. The number of nitrogens with two attached hydrogens (primary N) is 3. The summed E-state index contributed by atoms with van der Waals surface area (Å²) < 4.78 is 1.58. The van der Waals surface area contributed by atoms with Gasteiger partial charge in [-0.05, 0) is 90.6 Å². The van der Waals surface area contributed by atoms with Crippen LogP contribution in [-0.4, -0.2) is 40.1 Å². The number of aryl methyl sites for hydroxylation is 1. The van der Waals surface area contributed by atoms with Crippen molar-refractivity contribution in [3.8, 4) is 5.69 Å². The topological polar surface area (TPSA) is 153 Å². The largest absolute Gasteiger partial charge is 0.370 e. The smallest absolute Gasteiger partial charge is 0.354 e. The van der Waals surface area contributed by atoms with Crippen LogP contribution in [-0.2, 0) is 23.8 Å². The zero-order valence-electron chi connectivity index (χ0n) is 29.9. The molecule has 0 aliphatic carbocycles. The third-order valence-electron chi connectivity index (χ3n) is 8.13. The first-order valence-corrected chi connectivity index (χ1v) is 16.9. The molecule has 0 atom stereocenters. The van der Waals surface area contributed by atoms with Crippen LogP contribution in [0, 0.1) is 0 Å². The van der Waals surface area contributed by atoms with Gasteiger partial charge in [0.1, 0.15) is 5.65 Å². The van der Waals surface area contributed by atoms with Gasteiger partial charge in [-0.1, -0.05) is 85.7 Å². The maximum atomic E-state index is 12.5. The molecular formula is C38H58N8O. The Labute approximate surface area is 281 Å². The summed E-state index contributed by atoms with van der Waals surface area (Å²) in [5.41, 5.74) is 24.1. The van der Waals surface area contributed by atoms with Gasteiger partial charge in [-0.15, -0.1) is 0 Å². The number of aromatic nitrogens is 3. The van der Waals surface area contributed by atoms with E-state index < -0.39 is 0 Å². The minimum absolute atomic E-state index is 0.0352. The summed E-state index contributed by atoms with van der Waals surface area (Å²) in [6.07, 6.45) is 6.18. The van der Waals surface area contributed by atoms with Gasteiger partial charge in [0.2, 0.25) is 0 Å². The molecule has 9 heteroatoms. The van der Waals surface area contributed by atoms with Crippen LogP contribution in [0.15, 0.2) is 64.5 Å². The third-order valence-corrected chi connectivity index (χ3v) is 8.13. The number of aliphatic imine (C=N–C) groups is 1. The first-order chi connectivity index (χ1) is 22.1. The van der Waals surface area contributed by atoms with Gasteiger partial charge >= 0.3 is 5.69 Å². The molecule has 8 N–H and O–H groups in total. The molecule has 47 heavy (non-hydrogen) atoms. The number of nitrogens with one attached hydrogen (secondary N) is 2. The van der Waals surface area contributed by atoms with E-state index in [1.54, 1.807) is 4.57 Å². The molecule has 0 unspecified atom stereocenters. The Hall–Kier alpha value is -3.95. The fourth-order valence-electron chi connectivity index (χ4n) is 5.11. The van der Waals surface area contributed by atoms with E-state index in [1.807, 2.05) is 30.5 Å². The van der Waals surface area contributed by atoms with E-state index in [4.69, 9.17) is 17.2 Å². The van der Waals surface area contributed by atoms with E-state index in [2.05, 4.69) is 99.9 Å². The van der Waals surface area contributed by atoms with Gasteiger partial charge in [0.15, 0.2) is 5.96 Å². The van der Waals surface area contributed by atoms with Crippen LogP contribution in [0.5, 0.6) is 0 Å². The first-order valence-electron chi connectivity index (χ1n) is 16.9. The molecule has 2 heterocycles. The normalized spacial score (nSPS) is 11.9. The Kier molecular flexibility index (Phi) is 13.4. The van der Waals surface area contributed by atoms with Crippen LogP contribution >= 0.6 is 0 Å². The van der Waals surface area contributed by atoms with E-state index in [0.717, 1.165) is 61.2 Å². The summed E-state index contributed by atoms with van der Waals surface area (Å²) in [5, 5.41) is 4.27. The van der Waals surface area contributed by atoms with E-state index >= 15 is 0 Å². The molecule has 4 rings (SSSR count). The van der Waals surface area contributed by atoms with Crippen molar-refractivity contribution < 1.29 is 0 Å². The Morgan fingerprint density at radius 3 is 2.23 bits per heavy atom. The lowest BCUT2D eigenvalue weighted by Gasteiger charge is -2.22. The molecule has 0 fully saturated rings. The van der Waals surface area contributed by atoms with Crippen LogP contribution in [0.4, 0.5) is 0 Å². The Balaban J connectivity index is 0.000000287. The average molecular weight is 643 g/mol. The number of guanidine groups is 1. The third kappa shape index (κ3) is 11.7. The summed E-state index contributed by atoms with van der Waals surface area (Å²) in [7, 11) is 0. The molecule has 0 spiro atoms. The number of H-pyrrole nitrogens is 1. The summed E-state index contributed by atoms with van der Waals surface area (Å²) >= 11 is 0. The Morgan fingerprint density at radius 1 is 0.936 bits per heavy atom. The fourth-order valence-corrected chi connectivity index (χ4v) is 5.11. The predicted molar refractivity (Wildman–Crippen MR) is 199 cm³/mol. The lowest BCUT2D eigenvalue weighted by Crippen LogP contribution is -2.23. The molecule has 0 bridgehead atoms. The quantitative estimate of drug-likeness (QED) is 0.0710. The van der Waals surface area contributed by atoms with Crippen molar-refractivity contribution in [2.45, 2.75) is 104 Å². The van der Waals surface area contributed by atoms with Gasteiger partial charge in [0.25, 0.3) is 0 Å². The number of benzene rings is 2. The number of unbranched alkanes of at least 4 members (excludes halogenated alkanes) is 1. The molecule has 0 aliphatic rings. The van der Waals surface area contributed by atoms with E-state index in [0.29, 0.717) is 18.1 Å². The number of hydrogen-bond donors (Lipinski definition) is 5. The predicted octanol–water partition coefficient (Wildman–Crippen LogP) is 6.15. The second-order valence-corrected chi connectivity index (χ2v) is 14.7. The highest BCUT2D eigenvalue weighted by Gasteiger charge is 2.18. The molecular weight excluding hydrogens is 584 g/mol. The fraction of sp³-hybridized carbons (Fsp3) is 0.500. The van der Waals surface area contributed by atoms with Gasteiger partial charge in [0, 0.05) is 35.8 Å². The molecule has 256 valence electrons. The van der Waals surface area contributed by atoms with Crippen LogP contribution < -0.4 is 28.2 Å². The Bertz CT molecular complexity index is 1650. The first kappa shape index (κ1) is 37.5. The van der Waals surface area contributed by atoms with Crippen LogP contribution in [0.1, 0.15) is 109 Å². The van der Waals surface area contributed by atoms with Gasteiger partial charge in [-0.2, -0.15) is 4.98 Å². The molecule has 0 aliphatic heterocycles. The van der Waals surface area contributed by atoms with Crippen molar-refractivity contribution in [1.82, 2.24) is 19.9 Å². The second-order valence-electron chi connectivity index (χ2n) is 14.7. The van der Waals surface area contributed by atoms with Crippen molar-refractivity contribution in [1.29, 1.82) is 0 Å². The Morgan fingerprint density at radius 2 is 1.64 bits per heavy atom. The van der Waals surface area contributed by atoms with Crippen molar-refractivity contribution in [3.05, 3.63) is 93.2 Å². The minimum Gasteiger partial charge on any atom is -0.370 e. The number of aromatic amines is 1. The van der Waals surface area contributed by atoms with Crippen LogP contribution in [0.2, 0.25) is 0 Å². The van der Waals surface area contributed by atoms with Gasteiger partial charge < -0.3 is 27.5 Å². The summed E-state index contributed by atoms with van der Waals surface area (Å²) in [6.45, 7) is 20.7. The molecule has 9 nitrogen and oxygen atoms in total. The highest BCUT2D eigenvalue weighted by atomic mass is 16.1. The number of nitrogens with zero attached hydrogens (tertiary/aromatic N) is 3. The second kappa shape index (κ2) is 16.7. The number of fused-ring (bicyclic) bond motifs is 1. The maximum Gasteiger partial charge on any atom is 0.354 e. The van der Waals surface area contributed by atoms with Gasteiger partial charge in [0.05, 0.1) is 5.69 Å². The zero-order chi connectivity index (χ0) is 34.8. The maximum absolute atomic E-state index is 12.5. The molecule has 0 saturated heterocycles. The highest BCUT2D eigenvalue weighted by Crippen LogP contribution is 2.28. The van der Waals surface area contributed by atoms with E-state index in [9.17, 15) is 4.79 Å². The lowest BCUT2D eigenvalue weighted by molar-refractivity contribution is 0.574. The minimum atomic E-state index is -0.301. The van der Waals surface area contributed by atoms with Crippen LogP contribution in [0.3, 0.4) is 0 Å². The molecule has 4 aromatic rings.